The fourth-order valence-corrected chi connectivity index (χ4v) is 5.99. The zero-order valence-corrected chi connectivity index (χ0v) is 18.8. The number of nitrogens with zero attached hydrogens (tertiary/aromatic N) is 3. The minimum absolute atomic E-state index is 0.147. The van der Waals surface area contributed by atoms with Gasteiger partial charge in [-0.05, 0) is 24.5 Å². The van der Waals surface area contributed by atoms with Crippen molar-refractivity contribution in [2.45, 2.75) is 31.0 Å². The lowest BCUT2D eigenvalue weighted by Crippen LogP contribution is -2.49. The molecule has 0 aliphatic carbocycles. The summed E-state index contributed by atoms with van der Waals surface area (Å²) in [4.78, 5) is 55.1. The van der Waals surface area contributed by atoms with E-state index in [0.29, 0.717) is 6.61 Å². The molecule has 35 heavy (non-hydrogen) atoms. The summed E-state index contributed by atoms with van der Waals surface area (Å²) in [6.45, 7) is 0.799. The molecule has 178 valence electrons. The summed E-state index contributed by atoms with van der Waals surface area (Å²) in [5.41, 5.74) is 1.60. The van der Waals surface area contributed by atoms with Crippen LogP contribution in [0.25, 0.3) is 6.08 Å². The average Bonchev–Trinajstić information content (AvgIpc) is 3.57. The minimum atomic E-state index is -0.955. The molecule has 4 heterocycles. The number of ketones is 1. The summed E-state index contributed by atoms with van der Waals surface area (Å²) < 4.78 is 5.66. The van der Waals surface area contributed by atoms with Gasteiger partial charge in [-0.2, -0.15) is 0 Å². The highest BCUT2D eigenvalue weighted by atomic mass is 16.6. The van der Waals surface area contributed by atoms with Crippen molar-refractivity contribution in [3.63, 3.8) is 0 Å². The molecule has 2 aromatic rings. The van der Waals surface area contributed by atoms with Crippen LogP contribution in [0.4, 0.5) is 11.4 Å². The van der Waals surface area contributed by atoms with E-state index < -0.39 is 34.6 Å². The Bertz CT molecular complexity index is 1280. The highest BCUT2D eigenvalue weighted by Gasteiger charge is 2.64. The van der Waals surface area contributed by atoms with Crippen LogP contribution in [0.2, 0.25) is 0 Å². The predicted molar refractivity (Wildman–Crippen MR) is 126 cm³/mol. The van der Waals surface area contributed by atoms with Gasteiger partial charge < -0.3 is 9.64 Å². The van der Waals surface area contributed by atoms with E-state index in [9.17, 15) is 24.5 Å². The van der Waals surface area contributed by atoms with Crippen LogP contribution in [0.1, 0.15) is 28.8 Å². The number of likely N-dealkylation sites (tertiary alicyclic amines) is 1. The van der Waals surface area contributed by atoms with Crippen molar-refractivity contribution in [2.75, 3.05) is 18.1 Å². The van der Waals surface area contributed by atoms with Gasteiger partial charge >= 0.3 is 0 Å². The number of benzene rings is 2. The number of nitro benzene ring substituents is 1. The molecule has 0 N–H and O–H groups in total. The number of imide groups is 1. The first-order chi connectivity index (χ1) is 17.0. The smallest absolute Gasteiger partial charge is 0.270 e. The average molecular weight is 473 g/mol. The molecule has 2 aromatic carbocycles. The molecular formula is C26H23N3O6. The van der Waals surface area contributed by atoms with Gasteiger partial charge in [0.15, 0.2) is 5.78 Å². The Morgan fingerprint density at radius 2 is 1.89 bits per heavy atom. The number of fused-ring (bicyclic) bond motifs is 5. The van der Waals surface area contributed by atoms with Gasteiger partial charge in [-0.3, -0.25) is 29.4 Å². The van der Waals surface area contributed by atoms with Crippen LogP contribution in [0.3, 0.4) is 0 Å². The molecular weight excluding hydrogens is 450 g/mol. The minimum Gasteiger partial charge on any atom is -0.376 e. The van der Waals surface area contributed by atoms with E-state index in [4.69, 9.17) is 4.74 Å². The molecule has 5 atom stereocenters. The SMILES string of the molecule is O=C(c1cccc([N+](=O)[O-])c1)[C@@H]1[C@H]2C(=O)N(C[C@@H]3CCCO3)C(=O)[C@@H]2[C@H]2C=Cc3ccccc3N21. The third-order valence-corrected chi connectivity index (χ3v) is 7.53. The molecule has 0 radical (unpaired) electrons. The largest absolute Gasteiger partial charge is 0.376 e. The Balaban J connectivity index is 1.44. The summed E-state index contributed by atoms with van der Waals surface area (Å²) in [6, 6.07) is 11.7. The van der Waals surface area contributed by atoms with Crippen LogP contribution in [0, 0.1) is 22.0 Å². The summed E-state index contributed by atoms with van der Waals surface area (Å²) >= 11 is 0. The number of hydrogen-bond acceptors (Lipinski definition) is 7. The lowest BCUT2D eigenvalue weighted by Gasteiger charge is -2.36. The van der Waals surface area contributed by atoms with E-state index in [1.54, 1.807) is 0 Å². The molecule has 2 amide bonds. The molecule has 9 heteroatoms. The Kier molecular flexibility index (Phi) is 5.03. The van der Waals surface area contributed by atoms with Crippen LogP contribution in [-0.2, 0) is 14.3 Å². The number of para-hydroxylation sites is 1. The summed E-state index contributed by atoms with van der Waals surface area (Å²) in [5.74, 6) is -2.66. The fraction of sp³-hybridized carbons (Fsp3) is 0.346. The summed E-state index contributed by atoms with van der Waals surface area (Å²) in [6.07, 6.45) is 5.30. The zero-order chi connectivity index (χ0) is 24.3. The maximum absolute atomic E-state index is 13.9. The van der Waals surface area contributed by atoms with Crippen LogP contribution in [-0.4, -0.2) is 58.8 Å². The number of non-ortho nitro benzene ring substituents is 1. The van der Waals surface area contributed by atoms with E-state index in [-0.39, 0.29) is 35.7 Å². The van der Waals surface area contributed by atoms with E-state index in [0.717, 1.165) is 24.1 Å². The van der Waals surface area contributed by atoms with Crippen LogP contribution < -0.4 is 4.90 Å². The van der Waals surface area contributed by atoms with Gasteiger partial charge in [0.1, 0.15) is 6.04 Å². The van der Waals surface area contributed by atoms with Gasteiger partial charge in [-0.15, -0.1) is 0 Å². The molecule has 9 nitrogen and oxygen atoms in total. The second-order valence-electron chi connectivity index (χ2n) is 9.41. The fourth-order valence-electron chi connectivity index (χ4n) is 5.99. The molecule has 4 aliphatic heterocycles. The first-order valence-electron chi connectivity index (χ1n) is 11.8. The molecule has 6 rings (SSSR count). The van der Waals surface area contributed by atoms with Gasteiger partial charge in [0, 0.05) is 30.0 Å². The maximum atomic E-state index is 13.9. The van der Waals surface area contributed by atoms with Gasteiger partial charge in [0.25, 0.3) is 5.69 Å². The number of rotatable bonds is 5. The standard InChI is InChI=1S/C26H23N3O6/c30-24(16-6-3-7-17(13-16)29(33)34)23-22-21(20-11-10-15-5-1-2-9-19(15)28(20)23)25(31)27(26(22)32)14-18-8-4-12-35-18/h1-3,5-7,9-11,13,18,20-23H,4,8,12,14H2/t18-,20+,21+,22-,23-/m0/s1. The second-order valence-corrected chi connectivity index (χ2v) is 9.41. The number of ether oxygens (including phenoxy) is 1. The second kappa shape index (κ2) is 8.13. The molecule has 0 saturated carbocycles. The van der Waals surface area contributed by atoms with E-state index >= 15 is 0 Å². The molecule has 3 fully saturated rings. The predicted octanol–water partition coefficient (Wildman–Crippen LogP) is 2.84. The number of hydrogen-bond donors (Lipinski definition) is 0. The topological polar surface area (TPSA) is 110 Å². The van der Waals surface area contributed by atoms with Crippen molar-refractivity contribution < 1.29 is 24.0 Å². The number of Topliss-reactive ketones (excluding diaryl/α,β-unsaturated/α-hetero) is 1. The number of carbonyl (C=O) groups excluding carboxylic acids is 3. The Labute approximate surface area is 201 Å². The molecule has 0 spiro atoms. The van der Waals surface area contributed by atoms with E-state index in [1.165, 1.54) is 29.2 Å². The van der Waals surface area contributed by atoms with Crippen molar-refractivity contribution in [3.8, 4) is 0 Å². The lowest BCUT2D eigenvalue weighted by atomic mass is 9.86. The van der Waals surface area contributed by atoms with Crippen LogP contribution in [0.5, 0.6) is 0 Å². The summed E-state index contributed by atoms with van der Waals surface area (Å²) in [7, 11) is 0. The van der Waals surface area contributed by atoms with Gasteiger partial charge in [-0.25, -0.2) is 0 Å². The van der Waals surface area contributed by atoms with Crippen molar-refractivity contribution in [2.24, 2.45) is 11.8 Å². The Morgan fingerprint density at radius 1 is 1.09 bits per heavy atom. The highest BCUT2D eigenvalue weighted by Crippen LogP contribution is 2.49. The zero-order valence-electron chi connectivity index (χ0n) is 18.8. The van der Waals surface area contributed by atoms with E-state index in [1.807, 2.05) is 41.3 Å². The normalized spacial score (nSPS) is 28.7. The number of anilines is 1. The molecule has 0 aromatic heterocycles. The first kappa shape index (κ1) is 21.7. The third kappa shape index (κ3) is 3.30. The lowest BCUT2D eigenvalue weighted by molar-refractivity contribution is -0.384. The molecule has 0 bridgehead atoms. The monoisotopic (exact) mass is 473 g/mol. The highest BCUT2D eigenvalue weighted by molar-refractivity contribution is 6.14. The van der Waals surface area contributed by atoms with Gasteiger partial charge in [-0.1, -0.05) is 42.5 Å². The van der Waals surface area contributed by atoms with Crippen LogP contribution >= 0.6 is 0 Å². The van der Waals surface area contributed by atoms with Crippen LogP contribution in [0.15, 0.2) is 54.6 Å². The molecule has 4 aliphatic rings. The first-order valence-corrected chi connectivity index (χ1v) is 11.8. The number of nitro groups is 1. The number of amides is 2. The van der Waals surface area contributed by atoms with Crippen molar-refractivity contribution in [1.29, 1.82) is 0 Å². The van der Waals surface area contributed by atoms with Crippen molar-refractivity contribution in [3.05, 3.63) is 75.8 Å². The van der Waals surface area contributed by atoms with Gasteiger partial charge in [0.2, 0.25) is 11.8 Å². The maximum Gasteiger partial charge on any atom is 0.270 e. The van der Waals surface area contributed by atoms with Crippen molar-refractivity contribution >= 4 is 35.0 Å². The summed E-state index contributed by atoms with van der Waals surface area (Å²) in [5, 5.41) is 11.3. The number of carbonyl (C=O) groups is 3. The molecule has 3 saturated heterocycles. The Hall–Kier alpha value is -3.85. The van der Waals surface area contributed by atoms with E-state index in [2.05, 4.69) is 0 Å². The quantitative estimate of drug-likeness (QED) is 0.284. The van der Waals surface area contributed by atoms with Gasteiger partial charge in [0.05, 0.1) is 35.4 Å². The molecule has 0 unspecified atom stereocenters. The third-order valence-electron chi connectivity index (χ3n) is 7.53. The Morgan fingerprint density at radius 3 is 2.66 bits per heavy atom. The van der Waals surface area contributed by atoms with Crippen molar-refractivity contribution in [1.82, 2.24) is 4.90 Å².